The SMILES string of the molecule is Cc1csc(C(C)CNC(=O)NCc2nc(C)c(C)o2)n1. The third-order valence-corrected chi connectivity index (χ3v) is 4.29. The first-order chi connectivity index (χ1) is 9.95. The molecule has 0 saturated heterocycles. The number of oxazole rings is 1. The highest BCUT2D eigenvalue weighted by atomic mass is 32.1. The number of aromatic nitrogens is 2. The molecule has 2 amide bonds. The van der Waals surface area contributed by atoms with Gasteiger partial charge < -0.3 is 15.1 Å². The summed E-state index contributed by atoms with van der Waals surface area (Å²) in [5.74, 6) is 1.49. The molecule has 2 aromatic rings. The maximum atomic E-state index is 11.7. The fourth-order valence-corrected chi connectivity index (χ4v) is 2.62. The summed E-state index contributed by atoms with van der Waals surface area (Å²) in [6.45, 7) is 8.56. The molecule has 0 aliphatic heterocycles. The standard InChI is InChI=1S/C14H20N4O2S/c1-8(13-17-9(2)7-21-13)5-15-14(19)16-6-12-18-10(3)11(4)20-12/h7-8H,5-6H2,1-4H3,(H2,15,16,19). The van der Waals surface area contributed by atoms with Crippen LogP contribution in [0, 0.1) is 20.8 Å². The van der Waals surface area contributed by atoms with Gasteiger partial charge in [0.05, 0.1) is 17.2 Å². The molecule has 21 heavy (non-hydrogen) atoms. The first-order valence-corrected chi connectivity index (χ1v) is 7.70. The monoisotopic (exact) mass is 308 g/mol. The van der Waals surface area contributed by atoms with E-state index in [4.69, 9.17) is 4.42 Å². The van der Waals surface area contributed by atoms with Crippen molar-refractivity contribution in [3.8, 4) is 0 Å². The van der Waals surface area contributed by atoms with Crippen LogP contribution < -0.4 is 10.6 Å². The largest absolute Gasteiger partial charge is 0.444 e. The van der Waals surface area contributed by atoms with Crippen molar-refractivity contribution in [1.29, 1.82) is 0 Å². The molecule has 1 unspecified atom stereocenters. The summed E-state index contributed by atoms with van der Waals surface area (Å²) in [5.41, 5.74) is 1.86. The Balaban J connectivity index is 1.74. The summed E-state index contributed by atoms with van der Waals surface area (Å²) in [7, 11) is 0. The van der Waals surface area contributed by atoms with E-state index in [1.54, 1.807) is 11.3 Å². The predicted octanol–water partition coefficient (Wildman–Crippen LogP) is 2.66. The lowest BCUT2D eigenvalue weighted by Crippen LogP contribution is -2.37. The summed E-state index contributed by atoms with van der Waals surface area (Å²) in [6, 6.07) is -0.233. The summed E-state index contributed by atoms with van der Waals surface area (Å²) in [6.07, 6.45) is 0. The molecule has 0 saturated carbocycles. The molecule has 0 bridgehead atoms. The second-order valence-electron chi connectivity index (χ2n) is 5.04. The van der Waals surface area contributed by atoms with Gasteiger partial charge in [0.2, 0.25) is 5.89 Å². The first-order valence-electron chi connectivity index (χ1n) is 6.82. The molecular weight excluding hydrogens is 288 g/mol. The van der Waals surface area contributed by atoms with Crippen molar-refractivity contribution >= 4 is 17.4 Å². The van der Waals surface area contributed by atoms with Crippen molar-refractivity contribution in [2.24, 2.45) is 0 Å². The number of rotatable bonds is 5. The van der Waals surface area contributed by atoms with E-state index >= 15 is 0 Å². The van der Waals surface area contributed by atoms with E-state index < -0.39 is 0 Å². The Morgan fingerprint density at radius 1 is 1.33 bits per heavy atom. The van der Waals surface area contributed by atoms with Gasteiger partial charge in [-0.15, -0.1) is 11.3 Å². The fraction of sp³-hybridized carbons (Fsp3) is 0.500. The van der Waals surface area contributed by atoms with Crippen molar-refractivity contribution in [2.75, 3.05) is 6.54 Å². The summed E-state index contributed by atoms with van der Waals surface area (Å²) in [5, 5.41) is 8.60. The highest BCUT2D eigenvalue weighted by molar-refractivity contribution is 7.09. The average molecular weight is 308 g/mol. The van der Waals surface area contributed by atoms with Crippen molar-refractivity contribution in [1.82, 2.24) is 20.6 Å². The molecule has 7 heteroatoms. The van der Waals surface area contributed by atoms with Crippen LogP contribution in [0.5, 0.6) is 0 Å². The maximum Gasteiger partial charge on any atom is 0.315 e. The van der Waals surface area contributed by atoms with Gasteiger partial charge in [0, 0.05) is 23.5 Å². The van der Waals surface area contributed by atoms with Crippen molar-refractivity contribution in [2.45, 2.75) is 40.2 Å². The first kappa shape index (κ1) is 15.5. The van der Waals surface area contributed by atoms with Crippen LogP contribution in [0.2, 0.25) is 0 Å². The van der Waals surface area contributed by atoms with Crippen molar-refractivity contribution < 1.29 is 9.21 Å². The van der Waals surface area contributed by atoms with E-state index in [2.05, 4.69) is 20.6 Å². The fourth-order valence-electron chi connectivity index (χ4n) is 1.76. The topological polar surface area (TPSA) is 80.0 Å². The molecule has 2 heterocycles. The molecule has 0 radical (unpaired) electrons. The van der Waals surface area contributed by atoms with Crippen LogP contribution >= 0.6 is 11.3 Å². The third kappa shape index (κ3) is 4.29. The van der Waals surface area contributed by atoms with Gasteiger partial charge in [0.25, 0.3) is 0 Å². The number of hydrogen-bond donors (Lipinski definition) is 2. The Hall–Kier alpha value is -1.89. The van der Waals surface area contributed by atoms with Gasteiger partial charge in [-0.05, 0) is 20.8 Å². The molecule has 6 nitrogen and oxygen atoms in total. The van der Waals surface area contributed by atoms with E-state index in [1.807, 2.05) is 33.1 Å². The van der Waals surface area contributed by atoms with E-state index in [1.165, 1.54) is 0 Å². The van der Waals surface area contributed by atoms with E-state index in [0.717, 1.165) is 22.2 Å². The summed E-state index contributed by atoms with van der Waals surface area (Å²) < 4.78 is 5.40. The molecule has 0 fully saturated rings. The van der Waals surface area contributed by atoms with Crippen LogP contribution in [0.4, 0.5) is 4.79 Å². The van der Waals surface area contributed by atoms with Crippen LogP contribution in [0.25, 0.3) is 0 Å². The normalized spacial score (nSPS) is 12.2. The number of amides is 2. The zero-order valence-electron chi connectivity index (χ0n) is 12.7. The predicted molar refractivity (Wildman–Crippen MR) is 81.5 cm³/mol. The number of thiazole rings is 1. The van der Waals surface area contributed by atoms with Crippen LogP contribution in [-0.2, 0) is 6.54 Å². The number of carbonyl (C=O) groups is 1. The molecule has 0 aromatic carbocycles. The Kier molecular flexibility index (Phi) is 4.95. The second-order valence-corrected chi connectivity index (χ2v) is 5.93. The molecule has 2 aromatic heterocycles. The lowest BCUT2D eigenvalue weighted by atomic mass is 10.2. The molecule has 114 valence electrons. The van der Waals surface area contributed by atoms with Crippen LogP contribution in [0.15, 0.2) is 9.80 Å². The van der Waals surface area contributed by atoms with Crippen LogP contribution in [0.1, 0.15) is 40.9 Å². The zero-order valence-corrected chi connectivity index (χ0v) is 13.5. The van der Waals surface area contributed by atoms with Gasteiger partial charge in [-0.2, -0.15) is 0 Å². The minimum Gasteiger partial charge on any atom is -0.444 e. The van der Waals surface area contributed by atoms with Crippen LogP contribution in [0.3, 0.4) is 0 Å². The molecule has 2 N–H and O–H groups in total. The van der Waals surface area contributed by atoms with E-state index in [0.29, 0.717) is 12.4 Å². The van der Waals surface area contributed by atoms with Gasteiger partial charge >= 0.3 is 6.03 Å². The van der Waals surface area contributed by atoms with Crippen LogP contribution in [-0.4, -0.2) is 22.5 Å². The third-order valence-electron chi connectivity index (χ3n) is 3.10. The Morgan fingerprint density at radius 3 is 2.67 bits per heavy atom. The zero-order chi connectivity index (χ0) is 15.4. The number of hydrogen-bond acceptors (Lipinski definition) is 5. The van der Waals surface area contributed by atoms with Gasteiger partial charge in [-0.1, -0.05) is 6.92 Å². The smallest absolute Gasteiger partial charge is 0.315 e. The molecule has 0 aliphatic carbocycles. The molecule has 0 aliphatic rings. The lowest BCUT2D eigenvalue weighted by molar-refractivity contribution is 0.238. The molecular formula is C14H20N4O2S. The average Bonchev–Trinajstić information content (AvgIpc) is 3.00. The van der Waals surface area contributed by atoms with Gasteiger partial charge in [-0.3, -0.25) is 0 Å². The van der Waals surface area contributed by atoms with Gasteiger partial charge in [0.15, 0.2) is 0 Å². The minimum atomic E-state index is -0.233. The molecule has 2 rings (SSSR count). The quantitative estimate of drug-likeness (QED) is 0.890. The number of urea groups is 1. The Morgan fingerprint density at radius 2 is 2.10 bits per heavy atom. The second kappa shape index (κ2) is 6.71. The minimum absolute atomic E-state index is 0.195. The number of nitrogens with one attached hydrogen (secondary N) is 2. The molecule has 0 spiro atoms. The number of carbonyl (C=O) groups excluding carboxylic acids is 1. The van der Waals surface area contributed by atoms with Crippen molar-refractivity contribution in [3.63, 3.8) is 0 Å². The van der Waals surface area contributed by atoms with E-state index in [-0.39, 0.29) is 18.5 Å². The Bertz CT molecular complexity index is 601. The number of nitrogens with zero attached hydrogens (tertiary/aromatic N) is 2. The van der Waals surface area contributed by atoms with Gasteiger partial charge in [-0.25, -0.2) is 14.8 Å². The number of aryl methyl sites for hydroxylation is 3. The highest BCUT2D eigenvalue weighted by Crippen LogP contribution is 2.18. The Labute approximate surface area is 128 Å². The highest BCUT2D eigenvalue weighted by Gasteiger charge is 2.12. The summed E-state index contributed by atoms with van der Waals surface area (Å²) >= 11 is 1.62. The summed E-state index contributed by atoms with van der Waals surface area (Å²) in [4.78, 5) is 20.4. The lowest BCUT2D eigenvalue weighted by Gasteiger charge is -2.10. The molecule has 1 atom stereocenters. The van der Waals surface area contributed by atoms with Crippen molar-refractivity contribution in [3.05, 3.63) is 33.4 Å². The maximum absolute atomic E-state index is 11.7. The van der Waals surface area contributed by atoms with E-state index in [9.17, 15) is 4.79 Å². The van der Waals surface area contributed by atoms with Gasteiger partial charge in [0.1, 0.15) is 5.76 Å².